The van der Waals surface area contributed by atoms with Crippen molar-refractivity contribution < 1.29 is 8.42 Å². The van der Waals surface area contributed by atoms with Crippen LogP contribution in [0.25, 0.3) is 10.9 Å². The summed E-state index contributed by atoms with van der Waals surface area (Å²) in [7, 11) is -3.30. The number of fused-ring (bicyclic) bond motifs is 2. The molecule has 0 atom stereocenters. The molecule has 1 aromatic heterocycles. The molecule has 0 N–H and O–H groups in total. The van der Waals surface area contributed by atoms with E-state index in [-0.39, 0.29) is 5.75 Å². The van der Waals surface area contributed by atoms with Gasteiger partial charge in [-0.1, -0.05) is 47.5 Å². The Morgan fingerprint density at radius 3 is 2.64 bits per heavy atom. The van der Waals surface area contributed by atoms with Crippen LogP contribution in [0.5, 0.6) is 0 Å². The van der Waals surface area contributed by atoms with Gasteiger partial charge < -0.3 is 4.90 Å². The van der Waals surface area contributed by atoms with Gasteiger partial charge in [-0.05, 0) is 23.8 Å². The van der Waals surface area contributed by atoms with Gasteiger partial charge in [-0.2, -0.15) is 0 Å². The number of aromatic nitrogens is 1. The molecule has 4 nitrogen and oxygen atoms in total. The number of rotatable bonds is 1. The molecule has 2 heterocycles. The Morgan fingerprint density at radius 2 is 1.80 bits per heavy atom. The fraction of sp³-hybridized carbons (Fsp3) is 0.167. The van der Waals surface area contributed by atoms with E-state index in [0.29, 0.717) is 44.8 Å². The molecule has 0 unspecified atom stereocenters. The van der Waals surface area contributed by atoms with Crippen molar-refractivity contribution in [1.29, 1.82) is 0 Å². The van der Waals surface area contributed by atoms with E-state index in [1.807, 2.05) is 29.2 Å². The van der Waals surface area contributed by atoms with Crippen LogP contribution in [0, 0.1) is 0 Å². The van der Waals surface area contributed by atoms with Gasteiger partial charge in [-0.3, -0.25) is 0 Å². The molecule has 2 aromatic carbocycles. The number of anilines is 1. The highest BCUT2D eigenvalue weighted by atomic mass is 35.5. The molecule has 0 saturated heterocycles. The normalized spacial score (nSPS) is 16.5. The Kier molecular flexibility index (Phi) is 4.10. The molecule has 25 heavy (non-hydrogen) atoms. The molecule has 3 aromatic rings. The molecule has 0 saturated carbocycles. The number of halogens is 2. The van der Waals surface area contributed by atoms with Crippen LogP contribution in [0.4, 0.5) is 5.82 Å². The fourth-order valence-electron chi connectivity index (χ4n) is 3.10. The summed E-state index contributed by atoms with van der Waals surface area (Å²) in [5.74, 6) is 0.684. The van der Waals surface area contributed by atoms with Crippen LogP contribution >= 0.6 is 23.2 Å². The summed E-state index contributed by atoms with van der Waals surface area (Å²) in [6, 6.07) is 14.3. The van der Waals surface area contributed by atoms with Gasteiger partial charge in [0.25, 0.3) is 0 Å². The van der Waals surface area contributed by atoms with E-state index in [0.717, 1.165) is 5.56 Å². The van der Waals surface area contributed by atoms with Crippen molar-refractivity contribution in [2.75, 3.05) is 17.2 Å². The van der Waals surface area contributed by atoms with E-state index in [9.17, 15) is 8.42 Å². The number of sulfone groups is 1. The second-order valence-electron chi connectivity index (χ2n) is 5.94. The van der Waals surface area contributed by atoms with Crippen LogP contribution in [-0.4, -0.2) is 25.7 Å². The predicted octanol–water partition coefficient (Wildman–Crippen LogP) is 4.34. The molecule has 7 heteroatoms. The Labute approximate surface area is 155 Å². The Morgan fingerprint density at radius 1 is 1.00 bits per heavy atom. The predicted molar refractivity (Wildman–Crippen MR) is 101 cm³/mol. The van der Waals surface area contributed by atoms with Crippen molar-refractivity contribution in [3.8, 4) is 0 Å². The topological polar surface area (TPSA) is 50.3 Å². The average Bonchev–Trinajstić information content (AvgIpc) is 2.71. The van der Waals surface area contributed by atoms with Gasteiger partial charge in [0.1, 0.15) is 5.82 Å². The first-order chi connectivity index (χ1) is 12.0. The maximum absolute atomic E-state index is 12.5. The highest BCUT2D eigenvalue weighted by Crippen LogP contribution is 2.33. The van der Waals surface area contributed by atoms with E-state index < -0.39 is 9.84 Å². The monoisotopic (exact) mass is 392 g/mol. The van der Waals surface area contributed by atoms with Crippen LogP contribution in [0.15, 0.2) is 53.4 Å². The van der Waals surface area contributed by atoms with Crippen molar-refractivity contribution in [1.82, 2.24) is 4.98 Å². The van der Waals surface area contributed by atoms with Crippen LogP contribution in [0.2, 0.25) is 10.0 Å². The molecule has 4 rings (SSSR count). The molecule has 0 radical (unpaired) electrons. The van der Waals surface area contributed by atoms with Gasteiger partial charge in [0.15, 0.2) is 9.84 Å². The van der Waals surface area contributed by atoms with Crippen LogP contribution in [0.3, 0.4) is 0 Å². The molecule has 1 aliphatic rings. The largest absolute Gasteiger partial charge is 0.351 e. The lowest BCUT2D eigenvalue weighted by Crippen LogP contribution is -2.26. The molecule has 0 aliphatic carbocycles. The summed E-state index contributed by atoms with van der Waals surface area (Å²) in [4.78, 5) is 6.98. The Bertz CT molecular complexity index is 1080. The number of nitrogens with zero attached hydrogens (tertiary/aromatic N) is 2. The van der Waals surface area contributed by atoms with Crippen LogP contribution in [0.1, 0.15) is 5.56 Å². The van der Waals surface area contributed by atoms with Crippen LogP contribution in [-0.2, 0) is 16.4 Å². The number of pyridine rings is 1. The lowest BCUT2D eigenvalue weighted by Gasteiger charge is -2.22. The molecule has 0 bridgehead atoms. The summed E-state index contributed by atoms with van der Waals surface area (Å²) < 4.78 is 25.0. The highest BCUT2D eigenvalue weighted by molar-refractivity contribution is 7.91. The van der Waals surface area contributed by atoms with Crippen molar-refractivity contribution in [2.24, 2.45) is 0 Å². The summed E-state index contributed by atoms with van der Waals surface area (Å²) in [5, 5.41) is 1.76. The van der Waals surface area contributed by atoms with Crippen molar-refractivity contribution in [3.05, 3.63) is 64.1 Å². The second kappa shape index (κ2) is 6.16. The van der Waals surface area contributed by atoms with Gasteiger partial charge in [-0.25, -0.2) is 13.4 Å². The van der Waals surface area contributed by atoms with Crippen molar-refractivity contribution >= 4 is 49.8 Å². The minimum absolute atomic E-state index is 0.0386. The molecular weight excluding hydrogens is 379 g/mol. The van der Waals surface area contributed by atoms with Gasteiger partial charge in [-0.15, -0.1) is 0 Å². The Balaban J connectivity index is 1.82. The summed E-state index contributed by atoms with van der Waals surface area (Å²) >= 11 is 12.6. The van der Waals surface area contributed by atoms with Crippen molar-refractivity contribution in [2.45, 2.75) is 11.4 Å². The number of hydrogen-bond acceptors (Lipinski definition) is 4. The first-order valence-electron chi connectivity index (χ1n) is 7.76. The summed E-state index contributed by atoms with van der Waals surface area (Å²) in [5.41, 5.74) is 1.46. The van der Waals surface area contributed by atoms with E-state index in [1.54, 1.807) is 24.3 Å². The minimum Gasteiger partial charge on any atom is -0.351 e. The molecular formula is C18H14Cl2N2O2S. The minimum atomic E-state index is -3.30. The highest BCUT2D eigenvalue weighted by Gasteiger charge is 2.26. The number of hydrogen-bond donors (Lipinski definition) is 0. The van der Waals surface area contributed by atoms with Gasteiger partial charge in [0.05, 0.1) is 26.2 Å². The first-order valence-corrected chi connectivity index (χ1v) is 10.2. The molecule has 128 valence electrons. The third-order valence-electron chi connectivity index (χ3n) is 4.34. The maximum Gasteiger partial charge on any atom is 0.180 e. The van der Waals surface area contributed by atoms with Crippen molar-refractivity contribution in [3.63, 3.8) is 0 Å². The lowest BCUT2D eigenvalue weighted by atomic mass is 10.2. The van der Waals surface area contributed by atoms with E-state index >= 15 is 0 Å². The zero-order valence-corrected chi connectivity index (χ0v) is 15.4. The van der Waals surface area contributed by atoms with E-state index in [2.05, 4.69) is 4.98 Å². The summed E-state index contributed by atoms with van der Waals surface area (Å²) in [6.07, 6.45) is 0. The smallest absolute Gasteiger partial charge is 0.180 e. The quantitative estimate of drug-likeness (QED) is 0.617. The molecule has 0 spiro atoms. The first kappa shape index (κ1) is 16.6. The lowest BCUT2D eigenvalue weighted by molar-refractivity contribution is 0.596. The SMILES string of the molecule is O=S1(=O)CCN(c2cc(Cl)c3c(Cl)cccc3n2)Cc2ccccc21. The zero-order valence-electron chi connectivity index (χ0n) is 13.1. The number of benzene rings is 2. The van der Waals surface area contributed by atoms with Gasteiger partial charge >= 0.3 is 0 Å². The Hall–Kier alpha value is -1.82. The van der Waals surface area contributed by atoms with Crippen LogP contribution < -0.4 is 4.90 Å². The van der Waals surface area contributed by atoms with Gasteiger partial charge in [0.2, 0.25) is 0 Å². The fourth-order valence-corrected chi connectivity index (χ4v) is 5.22. The third-order valence-corrected chi connectivity index (χ3v) is 6.75. The molecule has 0 fully saturated rings. The van der Waals surface area contributed by atoms with E-state index in [1.165, 1.54) is 0 Å². The van der Waals surface area contributed by atoms with E-state index in [4.69, 9.17) is 23.2 Å². The average molecular weight is 393 g/mol. The standard InChI is InChI=1S/C18H14Cl2N2O2S/c19-13-5-3-6-15-18(13)14(20)10-17(21-15)22-8-9-25(23,24)16-7-2-1-4-12(16)11-22/h1-7,10H,8-9,11H2. The third kappa shape index (κ3) is 2.97. The zero-order chi connectivity index (χ0) is 17.6. The van der Waals surface area contributed by atoms with Gasteiger partial charge in [0, 0.05) is 24.5 Å². The second-order valence-corrected chi connectivity index (χ2v) is 8.84. The molecule has 1 aliphatic heterocycles. The molecule has 0 amide bonds. The summed E-state index contributed by atoms with van der Waals surface area (Å²) in [6.45, 7) is 0.817. The maximum atomic E-state index is 12.5.